The Labute approximate surface area is 202 Å². The molecule has 0 fully saturated rings. The van der Waals surface area contributed by atoms with Crippen LogP contribution in [0.15, 0.2) is 42.5 Å². The standard InChI is InChI=1S/C26H29N3O6/c1-13(2)10-20(25(32)33)29-24(31)19-12-16-15-6-4-5-7-18(15)27-23(16)22(28-19)14-8-9-21(30)17(11-14)26(34)35-3/h4-9,11,13,19-20,22,27-28,30H,10,12H2,1-3H3,(H,29,31)(H,32,33)/t19-,20-,22+/m0/s1. The average molecular weight is 480 g/mol. The number of H-pyrrole nitrogens is 1. The number of esters is 1. The summed E-state index contributed by atoms with van der Waals surface area (Å²) < 4.78 is 4.79. The molecule has 9 nitrogen and oxygen atoms in total. The van der Waals surface area contributed by atoms with Gasteiger partial charge in [0.2, 0.25) is 5.91 Å². The first kappa shape index (κ1) is 24.3. The molecule has 35 heavy (non-hydrogen) atoms. The monoisotopic (exact) mass is 479 g/mol. The molecule has 0 aliphatic carbocycles. The van der Waals surface area contributed by atoms with Crippen LogP contribution in [0.5, 0.6) is 5.75 Å². The van der Waals surface area contributed by atoms with Crippen LogP contribution >= 0.6 is 0 Å². The number of phenolic OH excluding ortho intramolecular Hbond substituents is 1. The fourth-order valence-corrected chi connectivity index (χ4v) is 4.64. The van der Waals surface area contributed by atoms with E-state index in [-0.39, 0.29) is 17.2 Å². The second-order valence-corrected chi connectivity index (χ2v) is 9.22. The van der Waals surface area contributed by atoms with Gasteiger partial charge >= 0.3 is 11.9 Å². The predicted octanol–water partition coefficient (Wildman–Crippen LogP) is 2.88. The molecule has 2 aromatic carbocycles. The number of carboxylic acids is 1. The molecule has 1 amide bonds. The van der Waals surface area contributed by atoms with Gasteiger partial charge in [-0.2, -0.15) is 0 Å². The van der Waals surface area contributed by atoms with Crippen LogP contribution in [0.4, 0.5) is 0 Å². The second-order valence-electron chi connectivity index (χ2n) is 9.22. The summed E-state index contributed by atoms with van der Waals surface area (Å²) in [5.74, 6) is -2.28. The molecule has 0 saturated carbocycles. The van der Waals surface area contributed by atoms with Gasteiger partial charge < -0.3 is 25.3 Å². The second kappa shape index (κ2) is 9.79. The summed E-state index contributed by atoms with van der Waals surface area (Å²) >= 11 is 0. The summed E-state index contributed by atoms with van der Waals surface area (Å²) in [4.78, 5) is 40.6. The van der Waals surface area contributed by atoms with E-state index < -0.39 is 36.0 Å². The van der Waals surface area contributed by atoms with Gasteiger partial charge in [0.1, 0.15) is 17.4 Å². The number of aromatic hydroxyl groups is 1. The molecule has 2 heterocycles. The van der Waals surface area contributed by atoms with Gasteiger partial charge in [-0.15, -0.1) is 0 Å². The Balaban J connectivity index is 1.74. The first-order chi connectivity index (χ1) is 16.7. The summed E-state index contributed by atoms with van der Waals surface area (Å²) in [6, 6.07) is 10.1. The molecule has 5 N–H and O–H groups in total. The number of aromatic nitrogens is 1. The lowest BCUT2D eigenvalue weighted by molar-refractivity contribution is -0.142. The molecule has 0 unspecified atom stereocenters. The first-order valence-corrected chi connectivity index (χ1v) is 11.5. The molecule has 0 spiro atoms. The number of amides is 1. The first-order valence-electron chi connectivity index (χ1n) is 11.5. The predicted molar refractivity (Wildman–Crippen MR) is 129 cm³/mol. The largest absolute Gasteiger partial charge is 0.507 e. The van der Waals surface area contributed by atoms with Gasteiger partial charge in [-0.1, -0.05) is 38.1 Å². The van der Waals surface area contributed by atoms with Crippen LogP contribution in [0.25, 0.3) is 10.9 Å². The van der Waals surface area contributed by atoms with E-state index in [0.717, 1.165) is 22.2 Å². The van der Waals surface area contributed by atoms with E-state index >= 15 is 0 Å². The molecule has 4 rings (SSSR count). The number of aromatic amines is 1. The maximum absolute atomic E-state index is 13.3. The minimum absolute atomic E-state index is 0.0129. The minimum Gasteiger partial charge on any atom is -0.507 e. The van der Waals surface area contributed by atoms with Crippen LogP contribution in [-0.4, -0.2) is 52.2 Å². The highest BCUT2D eigenvalue weighted by molar-refractivity contribution is 5.93. The number of para-hydroxylation sites is 1. The van der Waals surface area contributed by atoms with Crippen LogP contribution < -0.4 is 10.6 Å². The number of nitrogens with one attached hydrogen (secondary N) is 3. The SMILES string of the molecule is COC(=O)c1cc([C@H]2N[C@H](C(=O)N[C@@H](CC(C)C)C(=O)O)Cc3c2[nH]c2ccccc32)ccc1O. The van der Waals surface area contributed by atoms with Crippen molar-refractivity contribution < 1.29 is 29.3 Å². The van der Waals surface area contributed by atoms with Crippen LogP contribution in [0.1, 0.15) is 53.5 Å². The van der Waals surface area contributed by atoms with E-state index in [9.17, 15) is 24.6 Å². The summed E-state index contributed by atoms with van der Waals surface area (Å²) in [7, 11) is 1.24. The lowest BCUT2D eigenvalue weighted by atomic mass is 9.89. The number of aliphatic carboxylic acids is 1. The third-order valence-electron chi connectivity index (χ3n) is 6.31. The third-order valence-corrected chi connectivity index (χ3v) is 6.31. The minimum atomic E-state index is -1.08. The summed E-state index contributed by atoms with van der Waals surface area (Å²) in [6.07, 6.45) is 0.674. The summed E-state index contributed by atoms with van der Waals surface area (Å²) in [5, 5.41) is 26.7. The number of hydrogen-bond acceptors (Lipinski definition) is 6. The number of rotatable bonds is 7. The molecular weight excluding hydrogens is 450 g/mol. The lowest BCUT2D eigenvalue weighted by Gasteiger charge is -2.32. The van der Waals surface area contributed by atoms with Gasteiger partial charge in [0, 0.05) is 16.6 Å². The smallest absolute Gasteiger partial charge is 0.341 e. The summed E-state index contributed by atoms with van der Waals surface area (Å²) in [6.45, 7) is 3.80. The molecule has 9 heteroatoms. The number of fused-ring (bicyclic) bond motifs is 3. The van der Waals surface area contributed by atoms with Crippen molar-refractivity contribution in [2.45, 2.75) is 44.8 Å². The Morgan fingerprint density at radius 2 is 1.91 bits per heavy atom. The van der Waals surface area contributed by atoms with E-state index in [1.807, 2.05) is 38.1 Å². The highest BCUT2D eigenvalue weighted by Crippen LogP contribution is 2.36. The molecule has 3 atom stereocenters. The number of benzene rings is 2. The van der Waals surface area contributed by atoms with Crippen LogP contribution in [0.2, 0.25) is 0 Å². The zero-order valence-electron chi connectivity index (χ0n) is 19.8. The summed E-state index contributed by atoms with van der Waals surface area (Å²) in [5.41, 5.74) is 3.34. The average Bonchev–Trinajstić information content (AvgIpc) is 3.21. The van der Waals surface area contributed by atoms with E-state index in [1.165, 1.54) is 19.2 Å². The van der Waals surface area contributed by atoms with Gasteiger partial charge in [0.05, 0.1) is 19.2 Å². The van der Waals surface area contributed by atoms with Crippen molar-refractivity contribution in [1.82, 2.24) is 15.6 Å². The maximum atomic E-state index is 13.3. The van der Waals surface area contributed by atoms with Crippen molar-refractivity contribution in [1.29, 1.82) is 0 Å². The van der Waals surface area contributed by atoms with Crippen LogP contribution in [0.3, 0.4) is 0 Å². The van der Waals surface area contributed by atoms with Crippen molar-refractivity contribution >= 4 is 28.7 Å². The van der Waals surface area contributed by atoms with Gasteiger partial charge in [0.25, 0.3) is 0 Å². The molecule has 0 bridgehead atoms. The van der Waals surface area contributed by atoms with Crippen LogP contribution in [-0.2, 0) is 20.7 Å². The van der Waals surface area contributed by atoms with Gasteiger partial charge in [-0.3, -0.25) is 10.1 Å². The molecular formula is C26H29N3O6. The Hall–Kier alpha value is -3.85. The molecule has 184 valence electrons. The normalized spacial score (nSPS) is 18.2. The molecule has 0 saturated heterocycles. The molecule has 0 radical (unpaired) electrons. The van der Waals surface area contributed by atoms with Crippen molar-refractivity contribution in [3.05, 3.63) is 64.8 Å². The zero-order valence-corrected chi connectivity index (χ0v) is 19.8. The quantitative estimate of drug-likeness (QED) is 0.328. The Morgan fingerprint density at radius 3 is 2.60 bits per heavy atom. The number of hydrogen-bond donors (Lipinski definition) is 5. The number of ether oxygens (including phenoxy) is 1. The lowest BCUT2D eigenvalue weighted by Crippen LogP contribution is -2.53. The number of carbonyl (C=O) groups excluding carboxylic acids is 2. The highest BCUT2D eigenvalue weighted by atomic mass is 16.5. The molecule has 1 aliphatic heterocycles. The Kier molecular flexibility index (Phi) is 6.79. The number of carbonyl (C=O) groups is 3. The van der Waals surface area contributed by atoms with Crippen molar-refractivity contribution in [2.75, 3.05) is 7.11 Å². The topological polar surface area (TPSA) is 141 Å². The fourth-order valence-electron chi connectivity index (χ4n) is 4.64. The van der Waals surface area contributed by atoms with Crippen molar-refractivity contribution in [2.24, 2.45) is 5.92 Å². The third kappa shape index (κ3) is 4.85. The Bertz CT molecular complexity index is 1280. The van der Waals surface area contributed by atoms with Gasteiger partial charge in [0.15, 0.2) is 0 Å². The molecule has 3 aromatic rings. The Morgan fingerprint density at radius 1 is 1.17 bits per heavy atom. The van der Waals surface area contributed by atoms with E-state index in [4.69, 9.17) is 4.74 Å². The number of phenols is 1. The zero-order chi connectivity index (χ0) is 25.3. The van der Waals surface area contributed by atoms with Crippen LogP contribution in [0, 0.1) is 5.92 Å². The van der Waals surface area contributed by atoms with Gasteiger partial charge in [-0.05, 0) is 48.1 Å². The van der Waals surface area contributed by atoms with E-state index in [0.29, 0.717) is 18.4 Å². The maximum Gasteiger partial charge on any atom is 0.341 e. The number of methoxy groups -OCH3 is 1. The fraction of sp³-hybridized carbons (Fsp3) is 0.346. The van der Waals surface area contributed by atoms with E-state index in [1.54, 1.807) is 6.07 Å². The van der Waals surface area contributed by atoms with Crippen molar-refractivity contribution in [3.63, 3.8) is 0 Å². The highest BCUT2D eigenvalue weighted by Gasteiger charge is 2.36. The molecule has 1 aliphatic rings. The number of carboxylic acid groups (broad SMARTS) is 1. The van der Waals surface area contributed by atoms with Gasteiger partial charge in [-0.25, -0.2) is 9.59 Å². The molecule has 1 aromatic heterocycles. The van der Waals surface area contributed by atoms with Crippen molar-refractivity contribution in [3.8, 4) is 5.75 Å². The van der Waals surface area contributed by atoms with E-state index in [2.05, 4.69) is 15.6 Å².